The molecule has 0 atom stereocenters. The first-order valence-corrected chi connectivity index (χ1v) is 9.30. The van der Waals surface area contributed by atoms with E-state index in [-0.39, 0.29) is 13.6 Å². The van der Waals surface area contributed by atoms with Crippen molar-refractivity contribution in [3.8, 4) is 40.3 Å². The second-order valence-corrected chi connectivity index (χ2v) is 6.85. The van der Waals surface area contributed by atoms with E-state index in [1.54, 1.807) is 6.20 Å². The highest BCUT2D eigenvalue weighted by atomic mass is 32.1. The van der Waals surface area contributed by atoms with Crippen molar-refractivity contribution in [2.24, 2.45) is 0 Å². The lowest BCUT2D eigenvalue weighted by Crippen LogP contribution is -1.93. The fourth-order valence-corrected chi connectivity index (χ4v) is 3.66. The first-order chi connectivity index (χ1) is 13.8. The van der Waals surface area contributed by atoms with Crippen LogP contribution in [0.1, 0.15) is 5.01 Å². The van der Waals surface area contributed by atoms with E-state index in [4.69, 9.17) is 18.9 Å². The lowest BCUT2D eigenvalue weighted by atomic mass is 10.1. The summed E-state index contributed by atoms with van der Waals surface area (Å²) in [4.78, 5) is 4.59. The van der Waals surface area contributed by atoms with Crippen molar-refractivity contribution < 1.29 is 18.9 Å². The van der Waals surface area contributed by atoms with Crippen LogP contribution < -0.4 is 24.3 Å². The summed E-state index contributed by atoms with van der Waals surface area (Å²) < 4.78 is 21.4. The molecule has 0 saturated heterocycles. The topological polar surface area (TPSA) is 85.6 Å². The van der Waals surface area contributed by atoms with E-state index in [9.17, 15) is 5.26 Å². The van der Waals surface area contributed by atoms with Gasteiger partial charge in [-0.05, 0) is 30.3 Å². The molecule has 5 rings (SSSR count). The average molecular weight is 391 g/mol. The normalized spacial score (nSPS) is 14.0. The van der Waals surface area contributed by atoms with Gasteiger partial charge in [0.25, 0.3) is 0 Å². The van der Waals surface area contributed by atoms with Crippen molar-refractivity contribution >= 4 is 22.6 Å². The van der Waals surface area contributed by atoms with Gasteiger partial charge in [0.1, 0.15) is 16.6 Å². The number of benzene rings is 2. The van der Waals surface area contributed by atoms with Crippen LogP contribution in [0.25, 0.3) is 16.8 Å². The van der Waals surface area contributed by atoms with Crippen LogP contribution in [0.5, 0.6) is 23.0 Å². The zero-order chi connectivity index (χ0) is 18.9. The second-order valence-electron chi connectivity index (χ2n) is 5.99. The maximum atomic E-state index is 9.55. The Morgan fingerprint density at radius 2 is 1.71 bits per heavy atom. The maximum absolute atomic E-state index is 9.55. The molecule has 0 fully saturated rings. The molecule has 0 radical (unpaired) electrons. The van der Waals surface area contributed by atoms with E-state index in [0.29, 0.717) is 27.8 Å². The van der Waals surface area contributed by atoms with Crippen LogP contribution in [-0.4, -0.2) is 18.6 Å². The van der Waals surface area contributed by atoms with Gasteiger partial charge in [0.15, 0.2) is 23.0 Å². The van der Waals surface area contributed by atoms with Crippen LogP contribution in [0.2, 0.25) is 0 Å². The molecule has 28 heavy (non-hydrogen) atoms. The third-order valence-corrected chi connectivity index (χ3v) is 5.15. The van der Waals surface area contributed by atoms with Crippen molar-refractivity contribution in [1.82, 2.24) is 4.98 Å². The summed E-state index contributed by atoms with van der Waals surface area (Å²) in [6.07, 6.45) is 1.64. The van der Waals surface area contributed by atoms with Crippen LogP contribution in [0.4, 0.5) is 5.69 Å². The lowest BCUT2D eigenvalue weighted by molar-refractivity contribution is 0.173. The second kappa shape index (κ2) is 6.79. The Morgan fingerprint density at radius 1 is 1.00 bits per heavy atom. The highest BCUT2D eigenvalue weighted by Gasteiger charge is 2.16. The van der Waals surface area contributed by atoms with Crippen LogP contribution >= 0.6 is 11.3 Å². The minimum absolute atomic E-state index is 0.222. The van der Waals surface area contributed by atoms with Gasteiger partial charge in [0, 0.05) is 28.9 Å². The highest BCUT2D eigenvalue weighted by molar-refractivity contribution is 7.11. The molecule has 2 aliphatic heterocycles. The summed E-state index contributed by atoms with van der Waals surface area (Å²) in [5.41, 5.74) is 2.93. The van der Waals surface area contributed by atoms with Gasteiger partial charge in [-0.1, -0.05) is 0 Å². The molecule has 0 aliphatic carbocycles. The van der Waals surface area contributed by atoms with Gasteiger partial charge in [-0.2, -0.15) is 5.26 Å². The van der Waals surface area contributed by atoms with E-state index in [2.05, 4.69) is 16.4 Å². The number of nitriles is 1. The molecule has 0 bridgehead atoms. The zero-order valence-corrected chi connectivity index (χ0v) is 15.3. The Bertz CT molecular complexity index is 1130. The molecular weight excluding hydrogens is 378 g/mol. The van der Waals surface area contributed by atoms with Gasteiger partial charge >= 0.3 is 0 Å². The minimum Gasteiger partial charge on any atom is -0.454 e. The largest absolute Gasteiger partial charge is 0.454 e. The van der Waals surface area contributed by atoms with E-state index in [1.165, 1.54) is 11.3 Å². The summed E-state index contributed by atoms with van der Waals surface area (Å²) in [7, 11) is 0. The Kier molecular flexibility index (Phi) is 4.00. The van der Waals surface area contributed by atoms with Crippen LogP contribution in [0.3, 0.4) is 0 Å². The Labute approximate surface area is 164 Å². The monoisotopic (exact) mass is 391 g/mol. The van der Waals surface area contributed by atoms with E-state index in [0.717, 1.165) is 22.7 Å². The number of allylic oxidation sites excluding steroid dienone is 1. The Balaban J connectivity index is 1.37. The van der Waals surface area contributed by atoms with Crippen molar-refractivity contribution in [2.45, 2.75) is 0 Å². The van der Waals surface area contributed by atoms with Gasteiger partial charge in [0.05, 0.1) is 5.69 Å². The average Bonchev–Trinajstić information content (AvgIpc) is 3.47. The molecule has 7 nitrogen and oxygen atoms in total. The molecule has 3 aromatic rings. The number of thiazole rings is 1. The van der Waals surface area contributed by atoms with Crippen LogP contribution in [0.15, 0.2) is 48.0 Å². The minimum atomic E-state index is 0.222. The SMILES string of the molecule is N#C/C(=C\Nc1ccc2c(c1)OCO2)c1nc(-c2ccc3c(c2)OCO3)cs1. The maximum Gasteiger partial charge on any atom is 0.231 e. The predicted molar refractivity (Wildman–Crippen MR) is 103 cm³/mol. The number of nitrogens with zero attached hydrogens (tertiary/aromatic N) is 2. The number of anilines is 1. The smallest absolute Gasteiger partial charge is 0.231 e. The third-order valence-electron chi connectivity index (χ3n) is 4.28. The Hall–Kier alpha value is -3.70. The fraction of sp³-hybridized carbons (Fsp3) is 0.100. The van der Waals surface area contributed by atoms with Gasteiger partial charge in [-0.3, -0.25) is 0 Å². The number of nitrogens with one attached hydrogen (secondary N) is 1. The van der Waals surface area contributed by atoms with Crippen LogP contribution in [-0.2, 0) is 0 Å². The van der Waals surface area contributed by atoms with Crippen molar-refractivity contribution in [3.05, 3.63) is 53.0 Å². The van der Waals surface area contributed by atoms with Crippen LogP contribution in [0, 0.1) is 11.3 Å². The number of ether oxygens (including phenoxy) is 4. The third kappa shape index (κ3) is 2.98. The lowest BCUT2D eigenvalue weighted by Gasteiger charge is -2.03. The summed E-state index contributed by atoms with van der Waals surface area (Å²) in [6, 6.07) is 13.4. The molecule has 0 spiro atoms. The molecule has 138 valence electrons. The van der Waals surface area contributed by atoms with E-state index in [1.807, 2.05) is 41.8 Å². The zero-order valence-electron chi connectivity index (χ0n) is 14.5. The van der Waals surface area contributed by atoms with E-state index >= 15 is 0 Å². The molecule has 2 aliphatic rings. The van der Waals surface area contributed by atoms with Crippen molar-refractivity contribution in [2.75, 3.05) is 18.9 Å². The van der Waals surface area contributed by atoms with Gasteiger partial charge in [-0.15, -0.1) is 11.3 Å². The van der Waals surface area contributed by atoms with Gasteiger partial charge in [0.2, 0.25) is 13.6 Å². The molecule has 8 heteroatoms. The molecule has 1 N–H and O–H groups in total. The first-order valence-electron chi connectivity index (χ1n) is 8.42. The summed E-state index contributed by atoms with van der Waals surface area (Å²) in [5.74, 6) is 2.82. The standard InChI is InChI=1S/C20H13N3O4S/c21-7-13(8-22-14-2-4-17-19(6-14)27-11-25-17)20-23-15(9-28-20)12-1-3-16-18(5-12)26-10-24-16/h1-6,8-9,22H,10-11H2/b13-8+. The molecule has 0 unspecified atom stereocenters. The van der Waals surface area contributed by atoms with E-state index < -0.39 is 0 Å². The molecule has 2 aromatic carbocycles. The first kappa shape index (κ1) is 16.5. The van der Waals surface area contributed by atoms with Gasteiger partial charge in [-0.25, -0.2) is 4.98 Å². The summed E-state index contributed by atoms with van der Waals surface area (Å²) >= 11 is 1.41. The van der Waals surface area contributed by atoms with Crippen molar-refractivity contribution in [1.29, 1.82) is 5.26 Å². The summed E-state index contributed by atoms with van der Waals surface area (Å²) in [5, 5.41) is 15.2. The number of hydrogen-bond acceptors (Lipinski definition) is 8. The Morgan fingerprint density at radius 3 is 2.50 bits per heavy atom. The van der Waals surface area contributed by atoms with Crippen molar-refractivity contribution in [3.63, 3.8) is 0 Å². The fourth-order valence-electron chi connectivity index (χ4n) is 2.87. The number of aromatic nitrogens is 1. The summed E-state index contributed by atoms with van der Waals surface area (Å²) in [6.45, 7) is 0.452. The molecular formula is C20H13N3O4S. The highest BCUT2D eigenvalue weighted by Crippen LogP contribution is 2.37. The quantitative estimate of drug-likeness (QED) is 0.666. The molecule has 0 saturated carbocycles. The molecule has 3 heterocycles. The number of hydrogen-bond donors (Lipinski definition) is 1. The number of fused-ring (bicyclic) bond motifs is 2. The molecule has 1 aromatic heterocycles. The molecule has 0 amide bonds. The van der Waals surface area contributed by atoms with Gasteiger partial charge < -0.3 is 24.3 Å². The predicted octanol–water partition coefficient (Wildman–Crippen LogP) is 4.24. The number of rotatable bonds is 4.